The molecule has 170 valence electrons. The molecule has 2 aromatic carbocycles. The molecule has 0 fully saturated rings. The maximum absolute atomic E-state index is 12.9. The van der Waals surface area contributed by atoms with Gasteiger partial charge in [-0.3, -0.25) is 15.2 Å². The number of amidine groups is 2. The first-order valence-corrected chi connectivity index (χ1v) is 11.9. The second kappa shape index (κ2) is 8.18. The lowest BCUT2D eigenvalue weighted by molar-refractivity contribution is -0.114. The van der Waals surface area contributed by atoms with Gasteiger partial charge in [0.1, 0.15) is 5.04 Å². The first-order chi connectivity index (χ1) is 17.0. The normalized spacial score (nSPS) is 16.6. The zero-order valence-electron chi connectivity index (χ0n) is 19.1. The van der Waals surface area contributed by atoms with Gasteiger partial charge in [-0.1, -0.05) is 36.4 Å². The SMILES string of the molecule is Cc1cc(C=C2C(=N)N3N=C(c4cccnc4)SC3=NC2=O)c(C)n1-c1cccc2ccccc12. The van der Waals surface area contributed by atoms with Gasteiger partial charge in [0.2, 0.25) is 5.17 Å². The van der Waals surface area contributed by atoms with Crippen LogP contribution in [0.4, 0.5) is 0 Å². The maximum atomic E-state index is 12.9. The molecule has 1 amide bonds. The van der Waals surface area contributed by atoms with Crippen LogP contribution in [0.1, 0.15) is 22.5 Å². The standard InChI is InChI=1S/C27H20N6OS/c1-16-13-20(17(2)32(16)23-11-5-8-18-7-3-4-10-21(18)23)14-22-24(28)33-27(30-25(22)34)35-26(31-33)19-9-6-12-29-15-19/h3-15,28H,1-2H3. The molecule has 4 heterocycles. The van der Waals surface area contributed by atoms with Crippen LogP contribution in [0.25, 0.3) is 22.5 Å². The van der Waals surface area contributed by atoms with Crippen molar-refractivity contribution in [2.45, 2.75) is 13.8 Å². The molecule has 4 aromatic rings. The van der Waals surface area contributed by atoms with E-state index in [0.717, 1.165) is 39.0 Å². The van der Waals surface area contributed by atoms with Crippen molar-refractivity contribution in [1.29, 1.82) is 5.41 Å². The molecular weight excluding hydrogens is 456 g/mol. The molecule has 0 saturated carbocycles. The van der Waals surface area contributed by atoms with Crippen LogP contribution in [0.3, 0.4) is 0 Å². The van der Waals surface area contributed by atoms with E-state index < -0.39 is 5.91 Å². The number of thioether (sulfide) groups is 1. The summed E-state index contributed by atoms with van der Waals surface area (Å²) in [5.74, 6) is -0.423. The van der Waals surface area contributed by atoms with Gasteiger partial charge in [0.05, 0.1) is 11.3 Å². The molecule has 8 heteroatoms. The Labute approximate surface area is 206 Å². The van der Waals surface area contributed by atoms with Crippen molar-refractivity contribution in [3.05, 3.63) is 101 Å². The number of carbonyl (C=O) groups excluding carboxylic acids is 1. The molecule has 0 aliphatic carbocycles. The molecule has 0 atom stereocenters. The van der Waals surface area contributed by atoms with E-state index in [2.05, 4.69) is 43.9 Å². The van der Waals surface area contributed by atoms with Crippen LogP contribution in [0.15, 0.2) is 88.7 Å². The third kappa shape index (κ3) is 3.50. The Kier molecular flexibility index (Phi) is 4.96. The average molecular weight is 477 g/mol. The van der Waals surface area contributed by atoms with Crippen LogP contribution in [0.5, 0.6) is 0 Å². The number of amides is 1. The summed E-state index contributed by atoms with van der Waals surface area (Å²) in [6, 6.07) is 20.3. The molecule has 0 spiro atoms. The number of pyridine rings is 1. The monoisotopic (exact) mass is 476 g/mol. The van der Waals surface area contributed by atoms with Gasteiger partial charge in [0.15, 0.2) is 5.84 Å². The van der Waals surface area contributed by atoms with E-state index >= 15 is 0 Å². The van der Waals surface area contributed by atoms with E-state index in [-0.39, 0.29) is 11.4 Å². The first kappa shape index (κ1) is 21.2. The molecule has 0 saturated heterocycles. The van der Waals surface area contributed by atoms with Gasteiger partial charge in [0, 0.05) is 34.7 Å². The number of carbonyl (C=O) groups is 1. The topological polar surface area (TPSA) is 86.7 Å². The lowest BCUT2D eigenvalue weighted by Gasteiger charge is -2.20. The minimum atomic E-state index is -0.439. The van der Waals surface area contributed by atoms with Gasteiger partial charge in [-0.05, 0) is 66.9 Å². The Morgan fingerprint density at radius 2 is 1.86 bits per heavy atom. The lowest BCUT2D eigenvalue weighted by Crippen LogP contribution is -2.35. The summed E-state index contributed by atoms with van der Waals surface area (Å²) < 4.78 is 2.19. The third-order valence-electron chi connectivity index (χ3n) is 6.14. The van der Waals surface area contributed by atoms with Gasteiger partial charge in [0.25, 0.3) is 5.91 Å². The van der Waals surface area contributed by atoms with Gasteiger partial charge < -0.3 is 4.57 Å². The van der Waals surface area contributed by atoms with Crippen LogP contribution in [0.2, 0.25) is 0 Å². The van der Waals surface area contributed by atoms with E-state index in [0.29, 0.717) is 10.2 Å². The van der Waals surface area contributed by atoms with Crippen LogP contribution < -0.4 is 0 Å². The number of nitrogens with one attached hydrogen (secondary N) is 1. The molecule has 2 aliphatic heterocycles. The van der Waals surface area contributed by atoms with Crippen molar-refractivity contribution in [2.75, 3.05) is 0 Å². The van der Waals surface area contributed by atoms with E-state index in [1.165, 1.54) is 16.8 Å². The summed E-state index contributed by atoms with van der Waals surface area (Å²) in [6.07, 6.45) is 5.14. The zero-order valence-corrected chi connectivity index (χ0v) is 19.9. The van der Waals surface area contributed by atoms with Crippen LogP contribution in [-0.2, 0) is 4.79 Å². The van der Waals surface area contributed by atoms with Crippen molar-refractivity contribution >= 4 is 50.6 Å². The molecule has 7 nitrogen and oxygen atoms in total. The maximum Gasteiger partial charge on any atom is 0.283 e. The zero-order chi connectivity index (χ0) is 24.1. The summed E-state index contributed by atoms with van der Waals surface area (Å²) in [5.41, 5.74) is 5.00. The van der Waals surface area contributed by atoms with Crippen LogP contribution >= 0.6 is 11.8 Å². The first-order valence-electron chi connectivity index (χ1n) is 11.1. The fraction of sp³-hybridized carbons (Fsp3) is 0.0741. The summed E-state index contributed by atoms with van der Waals surface area (Å²) in [5, 5.41) is 18.0. The number of aliphatic imine (C=N–C) groups is 1. The summed E-state index contributed by atoms with van der Waals surface area (Å²) in [7, 11) is 0. The number of benzene rings is 2. The lowest BCUT2D eigenvalue weighted by atomic mass is 10.1. The van der Waals surface area contributed by atoms with E-state index in [1.54, 1.807) is 18.5 Å². The predicted octanol–water partition coefficient (Wildman–Crippen LogP) is 5.31. The summed E-state index contributed by atoms with van der Waals surface area (Å²) >= 11 is 1.26. The minimum absolute atomic E-state index is 0.0151. The number of hydrogen-bond donors (Lipinski definition) is 1. The van der Waals surface area contributed by atoms with Gasteiger partial charge in [-0.2, -0.15) is 15.1 Å². The van der Waals surface area contributed by atoms with Gasteiger partial charge in [-0.15, -0.1) is 0 Å². The molecule has 0 radical (unpaired) electrons. The minimum Gasteiger partial charge on any atom is -0.317 e. The molecule has 2 aromatic heterocycles. The Morgan fingerprint density at radius 3 is 2.69 bits per heavy atom. The van der Waals surface area contributed by atoms with Crippen LogP contribution in [0, 0.1) is 19.3 Å². The van der Waals surface area contributed by atoms with Crippen molar-refractivity contribution in [3.63, 3.8) is 0 Å². The third-order valence-corrected chi connectivity index (χ3v) is 7.10. The van der Waals surface area contributed by atoms with Crippen molar-refractivity contribution < 1.29 is 4.79 Å². The highest BCUT2D eigenvalue weighted by Gasteiger charge is 2.36. The van der Waals surface area contributed by atoms with Crippen LogP contribution in [-0.4, -0.2) is 36.5 Å². The van der Waals surface area contributed by atoms with E-state index in [4.69, 9.17) is 5.41 Å². The average Bonchev–Trinajstić information content (AvgIpc) is 3.42. The van der Waals surface area contributed by atoms with Crippen molar-refractivity contribution in [1.82, 2.24) is 14.6 Å². The largest absolute Gasteiger partial charge is 0.317 e. The fourth-order valence-corrected chi connectivity index (χ4v) is 5.34. The number of aromatic nitrogens is 2. The Morgan fingerprint density at radius 1 is 1.03 bits per heavy atom. The molecule has 0 unspecified atom stereocenters. The molecule has 2 aliphatic rings. The predicted molar refractivity (Wildman–Crippen MR) is 141 cm³/mol. The Balaban J connectivity index is 1.40. The van der Waals surface area contributed by atoms with E-state index in [9.17, 15) is 4.79 Å². The van der Waals surface area contributed by atoms with Gasteiger partial charge >= 0.3 is 0 Å². The number of rotatable bonds is 3. The second-order valence-corrected chi connectivity index (χ2v) is 9.28. The molecule has 0 bridgehead atoms. The fourth-order valence-electron chi connectivity index (χ4n) is 4.46. The number of aryl methyl sites for hydroxylation is 1. The number of hydrazone groups is 1. The Hall–Kier alpha value is -4.30. The van der Waals surface area contributed by atoms with Gasteiger partial charge in [-0.25, -0.2) is 0 Å². The van der Waals surface area contributed by atoms with E-state index in [1.807, 2.05) is 50.2 Å². The highest BCUT2D eigenvalue weighted by atomic mass is 32.2. The summed E-state index contributed by atoms with van der Waals surface area (Å²) in [6.45, 7) is 4.07. The smallest absolute Gasteiger partial charge is 0.283 e. The van der Waals surface area contributed by atoms with Crippen molar-refractivity contribution in [3.8, 4) is 5.69 Å². The molecular formula is C27H20N6OS. The number of nitrogens with zero attached hydrogens (tertiary/aromatic N) is 5. The number of fused-ring (bicyclic) bond motifs is 2. The molecule has 6 rings (SSSR count). The highest BCUT2D eigenvalue weighted by molar-refractivity contribution is 8.27. The molecule has 1 N–H and O–H groups in total. The number of hydrogen-bond acceptors (Lipinski definition) is 5. The quantitative estimate of drug-likeness (QED) is 0.406. The summed E-state index contributed by atoms with van der Waals surface area (Å²) in [4.78, 5) is 21.3. The highest BCUT2D eigenvalue weighted by Crippen LogP contribution is 2.32. The Bertz CT molecular complexity index is 1620. The van der Waals surface area contributed by atoms with Crippen molar-refractivity contribution in [2.24, 2.45) is 10.1 Å². The second-order valence-electron chi connectivity index (χ2n) is 8.33. The molecule has 35 heavy (non-hydrogen) atoms.